The van der Waals surface area contributed by atoms with Crippen molar-refractivity contribution in [3.63, 3.8) is 0 Å². The van der Waals surface area contributed by atoms with Crippen LogP contribution in [0, 0.1) is 11.8 Å². The Balaban J connectivity index is 1.97. The Kier molecular flexibility index (Phi) is 5.04. The average molecular weight is 305 g/mol. The number of rotatable bonds is 5. The van der Waals surface area contributed by atoms with Crippen LogP contribution in [0.3, 0.4) is 0 Å². The zero-order chi connectivity index (χ0) is 14.8. The van der Waals surface area contributed by atoms with E-state index in [4.69, 9.17) is 0 Å². The average Bonchev–Trinajstić information content (AvgIpc) is 3.04. The van der Waals surface area contributed by atoms with Gasteiger partial charge in [-0.1, -0.05) is 12.8 Å². The van der Waals surface area contributed by atoms with E-state index in [9.17, 15) is 18.3 Å². The van der Waals surface area contributed by atoms with Gasteiger partial charge >= 0.3 is 5.97 Å². The van der Waals surface area contributed by atoms with Crippen LogP contribution in [0.2, 0.25) is 0 Å². The lowest BCUT2D eigenvalue weighted by molar-refractivity contribution is -0.145. The standard InChI is InChI=1S/C13H23NO5S/c1-19-13(16)10-5-3-7-12(10)20(17,18)14-8-9-4-2-6-11(9)15/h9-12,14-15H,2-8H2,1H3. The van der Waals surface area contributed by atoms with Gasteiger partial charge in [-0.2, -0.15) is 0 Å². The van der Waals surface area contributed by atoms with Crippen molar-refractivity contribution in [3.8, 4) is 0 Å². The predicted molar refractivity (Wildman–Crippen MR) is 73.4 cm³/mol. The van der Waals surface area contributed by atoms with E-state index in [2.05, 4.69) is 9.46 Å². The molecule has 0 saturated heterocycles. The molecule has 0 aromatic carbocycles. The normalized spacial score (nSPS) is 34.3. The van der Waals surface area contributed by atoms with E-state index in [0.717, 1.165) is 25.7 Å². The number of aliphatic hydroxyl groups is 1. The van der Waals surface area contributed by atoms with Crippen molar-refractivity contribution in [1.29, 1.82) is 0 Å². The quantitative estimate of drug-likeness (QED) is 0.718. The highest BCUT2D eigenvalue weighted by Gasteiger charge is 2.42. The summed E-state index contributed by atoms with van der Waals surface area (Å²) < 4.78 is 31.9. The number of sulfonamides is 1. The van der Waals surface area contributed by atoms with E-state index in [0.29, 0.717) is 12.8 Å². The molecule has 0 bridgehead atoms. The van der Waals surface area contributed by atoms with Crippen LogP contribution in [0.5, 0.6) is 0 Å². The summed E-state index contributed by atoms with van der Waals surface area (Å²) in [7, 11) is -2.25. The molecule has 4 atom stereocenters. The minimum Gasteiger partial charge on any atom is -0.469 e. The Hall–Kier alpha value is -0.660. The van der Waals surface area contributed by atoms with Crippen LogP contribution in [0.1, 0.15) is 38.5 Å². The van der Waals surface area contributed by atoms with Crippen molar-refractivity contribution < 1.29 is 23.1 Å². The van der Waals surface area contributed by atoms with Crippen LogP contribution in [-0.4, -0.2) is 44.5 Å². The lowest BCUT2D eigenvalue weighted by Gasteiger charge is -2.21. The molecule has 2 fully saturated rings. The molecule has 0 amide bonds. The van der Waals surface area contributed by atoms with Crippen LogP contribution in [0.25, 0.3) is 0 Å². The van der Waals surface area contributed by atoms with Crippen LogP contribution in [0.4, 0.5) is 0 Å². The number of methoxy groups -OCH3 is 1. The van der Waals surface area contributed by atoms with Crippen molar-refractivity contribution in [2.24, 2.45) is 11.8 Å². The molecule has 7 heteroatoms. The van der Waals surface area contributed by atoms with Gasteiger partial charge in [-0.05, 0) is 31.6 Å². The first kappa shape index (κ1) is 15.7. The first-order valence-electron chi connectivity index (χ1n) is 7.20. The fourth-order valence-corrected chi connectivity index (χ4v) is 5.12. The largest absolute Gasteiger partial charge is 0.469 e. The van der Waals surface area contributed by atoms with Gasteiger partial charge in [0, 0.05) is 6.54 Å². The van der Waals surface area contributed by atoms with E-state index >= 15 is 0 Å². The van der Waals surface area contributed by atoms with E-state index < -0.39 is 33.3 Å². The summed E-state index contributed by atoms with van der Waals surface area (Å²) in [5, 5.41) is 9.02. The molecule has 4 unspecified atom stereocenters. The number of aliphatic hydroxyl groups excluding tert-OH is 1. The highest BCUT2D eigenvalue weighted by Crippen LogP contribution is 2.32. The second-order valence-electron chi connectivity index (χ2n) is 5.75. The summed E-state index contributed by atoms with van der Waals surface area (Å²) in [4.78, 5) is 11.6. The molecule has 0 aliphatic heterocycles. The molecule has 2 saturated carbocycles. The maximum absolute atomic E-state index is 12.3. The van der Waals surface area contributed by atoms with Gasteiger partial charge in [0.1, 0.15) is 0 Å². The first-order chi connectivity index (χ1) is 9.45. The van der Waals surface area contributed by atoms with Gasteiger partial charge in [-0.15, -0.1) is 0 Å². The second-order valence-corrected chi connectivity index (χ2v) is 7.74. The predicted octanol–water partition coefficient (Wildman–Crippen LogP) is 0.408. The third-order valence-electron chi connectivity index (χ3n) is 4.52. The molecule has 0 heterocycles. The monoisotopic (exact) mass is 305 g/mol. The van der Waals surface area contributed by atoms with Gasteiger partial charge in [-0.3, -0.25) is 4.79 Å². The molecule has 2 N–H and O–H groups in total. The molecule has 2 rings (SSSR count). The lowest BCUT2D eigenvalue weighted by atomic mass is 10.1. The summed E-state index contributed by atoms with van der Waals surface area (Å²) in [6.07, 6.45) is 3.86. The molecule has 0 radical (unpaired) electrons. The molecular weight excluding hydrogens is 282 g/mol. The highest BCUT2D eigenvalue weighted by molar-refractivity contribution is 7.90. The number of ether oxygens (including phenoxy) is 1. The van der Waals surface area contributed by atoms with Crippen LogP contribution in [-0.2, 0) is 19.6 Å². The third-order valence-corrected chi connectivity index (χ3v) is 6.45. The SMILES string of the molecule is COC(=O)C1CCCC1S(=O)(=O)NCC1CCCC1O. The molecule has 116 valence electrons. The van der Waals surface area contributed by atoms with Crippen molar-refractivity contribution >= 4 is 16.0 Å². The maximum atomic E-state index is 12.3. The zero-order valence-corrected chi connectivity index (χ0v) is 12.6. The molecule has 0 aromatic heterocycles. The fourth-order valence-electron chi connectivity index (χ4n) is 3.30. The van der Waals surface area contributed by atoms with E-state index in [1.165, 1.54) is 7.11 Å². The molecule has 2 aliphatic carbocycles. The summed E-state index contributed by atoms with van der Waals surface area (Å²) in [5.41, 5.74) is 0. The van der Waals surface area contributed by atoms with Gasteiger partial charge in [0.25, 0.3) is 0 Å². The molecule has 6 nitrogen and oxygen atoms in total. The summed E-state index contributed by atoms with van der Waals surface area (Å²) in [5.74, 6) is -1.02. The summed E-state index contributed by atoms with van der Waals surface area (Å²) >= 11 is 0. The zero-order valence-electron chi connectivity index (χ0n) is 11.7. The van der Waals surface area contributed by atoms with Crippen LogP contribution in [0.15, 0.2) is 0 Å². The van der Waals surface area contributed by atoms with Crippen molar-refractivity contribution in [1.82, 2.24) is 4.72 Å². The summed E-state index contributed by atoms with van der Waals surface area (Å²) in [6.45, 7) is 0.258. The number of carbonyl (C=O) groups excluding carboxylic acids is 1. The van der Waals surface area contributed by atoms with Crippen LogP contribution >= 0.6 is 0 Å². The van der Waals surface area contributed by atoms with E-state index in [1.54, 1.807) is 0 Å². The molecule has 0 spiro atoms. The first-order valence-corrected chi connectivity index (χ1v) is 8.74. The molecule has 20 heavy (non-hydrogen) atoms. The number of esters is 1. The van der Waals surface area contributed by atoms with Gasteiger partial charge in [0.05, 0.1) is 24.4 Å². The number of hydrogen-bond acceptors (Lipinski definition) is 5. The Morgan fingerprint density at radius 2 is 1.95 bits per heavy atom. The van der Waals surface area contributed by atoms with Crippen LogP contribution < -0.4 is 4.72 Å². The number of carbonyl (C=O) groups is 1. The topological polar surface area (TPSA) is 92.7 Å². The Labute approximate surface area is 119 Å². The van der Waals surface area contributed by atoms with Crippen molar-refractivity contribution in [2.75, 3.05) is 13.7 Å². The molecule has 0 aromatic rings. The van der Waals surface area contributed by atoms with Gasteiger partial charge in [0.15, 0.2) is 0 Å². The minimum absolute atomic E-state index is 0.0113. The van der Waals surface area contributed by atoms with Crippen molar-refractivity contribution in [2.45, 2.75) is 49.9 Å². The Bertz CT molecular complexity index is 450. The Morgan fingerprint density at radius 3 is 2.55 bits per heavy atom. The third kappa shape index (κ3) is 3.32. The van der Waals surface area contributed by atoms with Gasteiger partial charge in [-0.25, -0.2) is 13.1 Å². The lowest BCUT2D eigenvalue weighted by Crippen LogP contribution is -2.42. The number of hydrogen-bond donors (Lipinski definition) is 2. The smallest absolute Gasteiger partial charge is 0.310 e. The van der Waals surface area contributed by atoms with Gasteiger partial charge < -0.3 is 9.84 Å². The maximum Gasteiger partial charge on any atom is 0.310 e. The van der Waals surface area contributed by atoms with Crippen molar-refractivity contribution in [3.05, 3.63) is 0 Å². The second kappa shape index (κ2) is 6.41. The highest BCUT2D eigenvalue weighted by atomic mass is 32.2. The minimum atomic E-state index is -3.54. The molecule has 2 aliphatic rings. The van der Waals surface area contributed by atoms with E-state index in [1.807, 2.05) is 0 Å². The molecular formula is C13H23NO5S. The number of nitrogens with one attached hydrogen (secondary N) is 1. The van der Waals surface area contributed by atoms with E-state index in [-0.39, 0.29) is 12.5 Å². The van der Waals surface area contributed by atoms with Gasteiger partial charge in [0.2, 0.25) is 10.0 Å². The summed E-state index contributed by atoms with van der Waals surface area (Å²) in [6, 6.07) is 0. The Morgan fingerprint density at radius 1 is 1.25 bits per heavy atom. The fraction of sp³-hybridized carbons (Fsp3) is 0.923.